The van der Waals surface area contributed by atoms with Crippen LogP contribution in [0, 0.1) is 0 Å². The number of carbonyl (C=O) groups is 1. The van der Waals surface area contributed by atoms with Gasteiger partial charge in [0.1, 0.15) is 5.82 Å². The smallest absolute Gasteiger partial charge is 0.239 e. The third-order valence-corrected chi connectivity index (χ3v) is 4.77. The summed E-state index contributed by atoms with van der Waals surface area (Å²) in [5, 5.41) is 4.15. The number of carbonyl (C=O) groups excluding carboxylic acids is 1. The topological polar surface area (TPSA) is 48.5 Å². The zero-order valence-corrected chi connectivity index (χ0v) is 15.3. The summed E-state index contributed by atoms with van der Waals surface area (Å²) in [6, 6.07) is 11.3. The van der Waals surface area contributed by atoms with Crippen molar-refractivity contribution in [2.75, 3.05) is 38.0 Å². The van der Waals surface area contributed by atoms with Gasteiger partial charge in [-0.25, -0.2) is 4.98 Å². The molecule has 1 N–H and O–H groups in total. The van der Waals surface area contributed by atoms with E-state index in [1.165, 1.54) is 6.20 Å². The Morgan fingerprint density at radius 2 is 1.76 bits per heavy atom. The van der Waals surface area contributed by atoms with Crippen LogP contribution in [-0.2, 0) is 11.3 Å². The molecule has 0 radical (unpaired) electrons. The molecule has 2 aromatic rings. The molecular weight excluding hydrogens is 359 g/mol. The van der Waals surface area contributed by atoms with Gasteiger partial charge < -0.3 is 5.32 Å². The van der Waals surface area contributed by atoms with E-state index in [1.807, 2.05) is 18.2 Å². The number of halogens is 2. The van der Waals surface area contributed by atoms with Gasteiger partial charge >= 0.3 is 0 Å². The van der Waals surface area contributed by atoms with Crippen molar-refractivity contribution in [3.05, 3.63) is 58.2 Å². The molecule has 1 fully saturated rings. The second-order valence-corrected chi connectivity index (χ2v) is 6.90. The standard InChI is InChI=1S/C18H20Cl2N4O/c19-15-5-6-17(21-11-15)22-18(25)13-24-9-7-23(8-10-24)12-14-3-1-2-4-16(14)20/h1-6,11H,7-10,12-13H2,(H,21,22,25). The Bertz CT molecular complexity index is 715. The summed E-state index contributed by atoms with van der Waals surface area (Å²) in [6.45, 7) is 4.74. The van der Waals surface area contributed by atoms with E-state index in [9.17, 15) is 4.79 Å². The van der Waals surface area contributed by atoms with Gasteiger partial charge in [0.05, 0.1) is 11.6 Å². The largest absolute Gasteiger partial charge is 0.310 e. The number of nitrogens with zero attached hydrogens (tertiary/aromatic N) is 3. The van der Waals surface area contributed by atoms with Gasteiger partial charge in [-0.15, -0.1) is 0 Å². The van der Waals surface area contributed by atoms with Gasteiger partial charge in [-0.1, -0.05) is 41.4 Å². The summed E-state index contributed by atoms with van der Waals surface area (Å²) in [7, 11) is 0. The van der Waals surface area contributed by atoms with Crippen LogP contribution in [0.25, 0.3) is 0 Å². The number of hydrogen-bond donors (Lipinski definition) is 1. The summed E-state index contributed by atoms with van der Waals surface area (Å²) < 4.78 is 0. The highest BCUT2D eigenvalue weighted by Crippen LogP contribution is 2.18. The van der Waals surface area contributed by atoms with Crippen LogP contribution in [-0.4, -0.2) is 53.4 Å². The van der Waals surface area contributed by atoms with E-state index in [1.54, 1.807) is 12.1 Å². The predicted molar refractivity (Wildman–Crippen MR) is 101 cm³/mol. The fraction of sp³-hybridized carbons (Fsp3) is 0.333. The van der Waals surface area contributed by atoms with Gasteiger partial charge in [0, 0.05) is 43.9 Å². The molecule has 5 nitrogen and oxygen atoms in total. The zero-order chi connectivity index (χ0) is 17.6. The van der Waals surface area contributed by atoms with E-state index < -0.39 is 0 Å². The van der Waals surface area contributed by atoms with Crippen LogP contribution < -0.4 is 5.32 Å². The molecule has 1 saturated heterocycles. The van der Waals surface area contributed by atoms with Crippen LogP contribution in [0.3, 0.4) is 0 Å². The number of hydrogen-bond acceptors (Lipinski definition) is 4. The molecule has 1 aliphatic heterocycles. The summed E-state index contributed by atoms with van der Waals surface area (Å²) in [4.78, 5) is 20.7. The first-order valence-electron chi connectivity index (χ1n) is 8.20. The van der Waals surface area contributed by atoms with Gasteiger partial charge in [-0.05, 0) is 23.8 Å². The molecule has 0 unspecified atom stereocenters. The Labute approximate surface area is 157 Å². The number of anilines is 1. The third kappa shape index (κ3) is 5.41. The lowest BCUT2D eigenvalue weighted by Crippen LogP contribution is -2.48. The van der Waals surface area contributed by atoms with E-state index in [2.05, 4.69) is 26.2 Å². The molecule has 3 rings (SSSR count). The SMILES string of the molecule is O=C(CN1CCN(Cc2ccccc2Cl)CC1)Nc1ccc(Cl)cn1. The number of pyridine rings is 1. The molecule has 7 heteroatoms. The lowest BCUT2D eigenvalue weighted by molar-refractivity contribution is -0.117. The number of amides is 1. The van der Waals surface area contributed by atoms with Gasteiger partial charge in [-0.3, -0.25) is 14.6 Å². The minimum atomic E-state index is -0.0608. The number of nitrogens with one attached hydrogen (secondary N) is 1. The molecule has 1 amide bonds. The Morgan fingerprint density at radius 3 is 2.44 bits per heavy atom. The Kier molecular flexibility index (Phi) is 6.26. The van der Waals surface area contributed by atoms with E-state index in [-0.39, 0.29) is 5.91 Å². The maximum absolute atomic E-state index is 12.1. The lowest BCUT2D eigenvalue weighted by Gasteiger charge is -2.34. The molecule has 1 aliphatic rings. The summed E-state index contributed by atoms with van der Waals surface area (Å²) in [5.41, 5.74) is 1.14. The van der Waals surface area contributed by atoms with Crippen molar-refractivity contribution in [3.8, 4) is 0 Å². The highest BCUT2D eigenvalue weighted by Gasteiger charge is 2.19. The van der Waals surface area contributed by atoms with E-state index in [0.29, 0.717) is 17.4 Å². The summed E-state index contributed by atoms with van der Waals surface area (Å²) in [6.07, 6.45) is 1.52. The first kappa shape index (κ1) is 18.1. The van der Waals surface area contributed by atoms with Crippen LogP contribution in [0.4, 0.5) is 5.82 Å². The van der Waals surface area contributed by atoms with Gasteiger partial charge in [0.25, 0.3) is 0 Å². The highest BCUT2D eigenvalue weighted by atomic mass is 35.5. The maximum Gasteiger partial charge on any atom is 0.239 e. The Hall–Kier alpha value is -1.66. The minimum Gasteiger partial charge on any atom is -0.310 e. The molecule has 1 aromatic heterocycles. The normalized spacial score (nSPS) is 15.9. The fourth-order valence-corrected chi connectivity index (χ4v) is 3.12. The molecule has 2 heterocycles. The lowest BCUT2D eigenvalue weighted by atomic mass is 10.2. The molecule has 0 spiro atoms. The average molecular weight is 379 g/mol. The van der Waals surface area contributed by atoms with Gasteiger partial charge in [0.15, 0.2) is 0 Å². The molecular formula is C18H20Cl2N4O. The van der Waals surface area contributed by atoms with Crippen molar-refractivity contribution in [2.45, 2.75) is 6.54 Å². The number of piperazine rings is 1. The second kappa shape index (κ2) is 8.63. The summed E-state index contributed by atoms with van der Waals surface area (Å²) >= 11 is 12.0. The van der Waals surface area contributed by atoms with Crippen molar-refractivity contribution in [2.24, 2.45) is 0 Å². The predicted octanol–water partition coefficient (Wildman–Crippen LogP) is 3.14. The molecule has 0 aliphatic carbocycles. The van der Waals surface area contributed by atoms with Gasteiger partial charge in [0.2, 0.25) is 5.91 Å². The Morgan fingerprint density at radius 1 is 1.04 bits per heavy atom. The van der Waals surface area contributed by atoms with Gasteiger partial charge in [-0.2, -0.15) is 0 Å². The minimum absolute atomic E-state index is 0.0608. The number of aromatic nitrogens is 1. The van der Waals surface area contributed by atoms with Crippen LogP contribution >= 0.6 is 23.2 Å². The number of benzene rings is 1. The highest BCUT2D eigenvalue weighted by molar-refractivity contribution is 6.31. The molecule has 0 saturated carbocycles. The first-order valence-corrected chi connectivity index (χ1v) is 8.95. The maximum atomic E-state index is 12.1. The average Bonchev–Trinajstić information content (AvgIpc) is 2.61. The monoisotopic (exact) mass is 378 g/mol. The van der Waals surface area contributed by atoms with Crippen molar-refractivity contribution in [3.63, 3.8) is 0 Å². The molecule has 1 aromatic carbocycles. The quantitative estimate of drug-likeness (QED) is 0.867. The van der Waals surface area contributed by atoms with Crippen LogP contribution in [0.5, 0.6) is 0 Å². The molecule has 0 atom stereocenters. The molecule has 25 heavy (non-hydrogen) atoms. The Balaban J connectivity index is 1.43. The summed E-state index contributed by atoms with van der Waals surface area (Å²) in [5.74, 6) is 0.459. The van der Waals surface area contributed by atoms with E-state index >= 15 is 0 Å². The first-order chi connectivity index (χ1) is 12.1. The molecule has 132 valence electrons. The van der Waals surface area contributed by atoms with E-state index in [0.717, 1.165) is 43.3 Å². The second-order valence-electron chi connectivity index (χ2n) is 6.05. The van der Waals surface area contributed by atoms with Crippen LogP contribution in [0.2, 0.25) is 10.0 Å². The zero-order valence-electron chi connectivity index (χ0n) is 13.8. The van der Waals surface area contributed by atoms with Crippen molar-refractivity contribution in [1.29, 1.82) is 0 Å². The number of rotatable bonds is 5. The van der Waals surface area contributed by atoms with Crippen LogP contribution in [0.1, 0.15) is 5.56 Å². The van der Waals surface area contributed by atoms with Crippen LogP contribution in [0.15, 0.2) is 42.6 Å². The van der Waals surface area contributed by atoms with Crippen molar-refractivity contribution >= 4 is 34.9 Å². The van der Waals surface area contributed by atoms with Crippen molar-refractivity contribution < 1.29 is 4.79 Å². The third-order valence-electron chi connectivity index (χ3n) is 4.18. The molecule has 0 bridgehead atoms. The fourth-order valence-electron chi connectivity index (χ4n) is 2.81. The van der Waals surface area contributed by atoms with E-state index in [4.69, 9.17) is 23.2 Å². The van der Waals surface area contributed by atoms with Crippen molar-refractivity contribution in [1.82, 2.24) is 14.8 Å².